The molecule has 1 saturated carbocycles. The SMILES string of the molecule is C[Si]1(CC2CC3C=CC2C3)CCC1. The lowest BCUT2D eigenvalue weighted by Crippen LogP contribution is -2.40. The summed E-state index contributed by atoms with van der Waals surface area (Å²) in [5.74, 6) is 3.12. The first-order valence-corrected chi connectivity index (χ1v) is 9.06. The van der Waals surface area contributed by atoms with Gasteiger partial charge in [-0.15, -0.1) is 0 Å². The molecule has 3 unspecified atom stereocenters. The maximum Gasteiger partial charge on any atom is 0.0507 e. The summed E-state index contributed by atoms with van der Waals surface area (Å²) < 4.78 is 0. The van der Waals surface area contributed by atoms with Gasteiger partial charge in [0.25, 0.3) is 0 Å². The summed E-state index contributed by atoms with van der Waals surface area (Å²) in [7, 11) is -0.633. The third-order valence-corrected chi connectivity index (χ3v) is 9.36. The van der Waals surface area contributed by atoms with E-state index in [1.807, 2.05) is 0 Å². The quantitative estimate of drug-likeness (QED) is 0.462. The Balaban J connectivity index is 1.65. The molecule has 1 heterocycles. The summed E-state index contributed by atoms with van der Waals surface area (Å²) in [6.45, 7) is 2.65. The highest BCUT2D eigenvalue weighted by atomic mass is 28.3. The van der Waals surface area contributed by atoms with E-state index in [1.54, 1.807) is 31.0 Å². The topological polar surface area (TPSA) is 0 Å². The molecule has 2 aliphatic carbocycles. The van der Waals surface area contributed by atoms with E-state index in [0.29, 0.717) is 0 Å². The van der Waals surface area contributed by atoms with Gasteiger partial charge in [0.2, 0.25) is 0 Å². The fourth-order valence-electron chi connectivity index (χ4n) is 3.75. The van der Waals surface area contributed by atoms with Gasteiger partial charge >= 0.3 is 0 Å². The van der Waals surface area contributed by atoms with Crippen molar-refractivity contribution in [3.8, 4) is 0 Å². The van der Waals surface area contributed by atoms with E-state index < -0.39 is 8.07 Å². The van der Waals surface area contributed by atoms with Crippen LogP contribution in [0.2, 0.25) is 24.7 Å². The molecule has 13 heavy (non-hydrogen) atoms. The van der Waals surface area contributed by atoms with Crippen LogP contribution in [0.3, 0.4) is 0 Å². The van der Waals surface area contributed by atoms with E-state index in [0.717, 1.165) is 17.8 Å². The zero-order chi connectivity index (χ0) is 8.89. The van der Waals surface area contributed by atoms with Gasteiger partial charge in [0.1, 0.15) is 0 Å². The van der Waals surface area contributed by atoms with Crippen LogP contribution in [-0.4, -0.2) is 8.07 Å². The molecule has 1 saturated heterocycles. The molecular formula is C12H20Si. The van der Waals surface area contributed by atoms with Gasteiger partial charge in [-0.2, -0.15) is 0 Å². The Morgan fingerprint density at radius 1 is 1.23 bits per heavy atom. The first kappa shape index (κ1) is 8.28. The zero-order valence-electron chi connectivity index (χ0n) is 8.63. The third-order valence-electron chi connectivity index (χ3n) is 4.73. The molecule has 0 aromatic heterocycles. The van der Waals surface area contributed by atoms with Gasteiger partial charge in [0.05, 0.1) is 8.07 Å². The average Bonchev–Trinajstić information content (AvgIpc) is 2.62. The van der Waals surface area contributed by atoms with E-state index in [2.05, 4.69) is 18.7 Å². The number of rotatable bonds is 2. The van der Waals surface area contributed by atoms with Crippen LogP contribution in [-0.2, 0) is 0 Å². The molecular weight excluding hydrogens is 172 g/mol. The average molecular weight is 192 g/mol. The van der Waals surface area contributed by atoms with Crippen molar-refractivity contribution in [2.24, 2.45) is 17.8 Å². The van der Waals surface area contributed by atoms with Gasteiger partial charge in [-0.3, -0.25) is 0 Å². The van der Waals surface area contributed by atoms with Crippen LogP contribution in [0.25, 0.3) is 0 Å². The van der Waals surface area contributed by atoms with Crippen molar-refractivity contribution in [1.82, 2.24) is 0 Å². The molecule has 0 amide bonds. The second-order valence-corrected chi connectivity index (χ2v) is 10.9. The van der Waals surface area contributed by atoms with Crippen molar-refractivity contribution in [3.63, 3.8) is 0 Å². The summed E-state index contributed by atoms with van der Waals surface area (Å²) >= 11 is 0. The molecule has 2 fully saturated rings. The molecule has 3 aliphatic rings. The van der Waals surface area contributed by atoms with Crippen molar-refractivity contribution in [2.45, 2.75) is 43.9 Å². The minimum absolute atomic E-state index is 0.633. The van der Waals surface area contributed by atoms with Crippen LogP contribution in [0.4, 0.5) is 0 Å². The summed E-state index contributed by atoms with van der Waals surface area (Å²) in [6.07, 6.45) is 9.61. The Kier molecular flexibility index (Phi) is 1.73. The van der Waals surface area contributed by atoms with Crippen molar-refractivity contribution < 1.29 is 0 Å². The summed E-state index contributed by atoms with van der Waals surface area (Å²) in [5.41, 5.74) is 0. The van der Waals surface area contributed by atoms with Crippen LogP contribution in [0.5, 0.6) is 0 Å². The molecule has 0 nitrogen and oxygen atoms in total. The Morgan fingerprint density at radius 2 is 2.08 bits per heavy atom. The van der Waals surface area contributed by atoms with Crippen LogP contribution in [0, 0.1) is 17.8 Å². The number of fused-ring (bicyclic) bond motifs is 2. The monoisotopic (exact) mass is 192 g/mol. The predicted octanol–water partition coefficient (Wildman–Crippen LogP) is 3.68. The van der Waals surface area contributed by atoms with E-state index in [1.165, 1.54) is 6.42 Å². The maximum absolute atomic E-state index is 2.65. The van der Waals surface area contributed by atoms with E-state index in [-0.39, 0.29) is 0 Å². The minimum atomic E-state index is -0.633. The lowest BCUT2D eigenvalue weighted by molar-refractivity contribution is 0.481. The van der Waals surface area contributed by atoms with E-state index in [4.69, 9.17) is 0 Å². The van der Waals surface area contributed by atoms with Crippen LogP contribution in [0.15, 0.2) is 12.2 Å². The summed E-state index contributed by atoms with van der Waals surface area (Å²) in [4.78, 5) is 0. The second-order valence-electron chi connectivity index (χ2n) is 5.91. The van der Waals surface area contributed by atoms with Crippen molar-refractivity contribution in [1.29, 1.82) is 0 Å². The van der Waals surface area contributed by atoms with Crippen LogP contribution in [0.1, 0.15) is 19.3 Å². The molecule has 72 valence electrons. The predicted molar refractivity (Wildman–Crippen MR) is 59.5 cm³/mol. The van der Waals surface area contributed by atoms with E-state index in [9.17, 15) is 0 Å². The lowest BCUT2D eigenvalue weighted by Gasteiger charge is -2.39. The van der Waals surface area contributed by atoms with Crippen molar-refractivity contribution >= 4 is 8.07 Å². The van der Waals surface area contributed by atoms with Gasteiger partial charge in [0, 0.05) is 0 Å². The van der Waals surface area contributed by atoms with Crippen LogP contribution >= 0.6 is 0 Å². The largest absolute Gasteiger partial charge is 0.0851 e. The highest BCUT2D eigenvalue weighted by Crippen LogP contribution is 2.49. The molecule has 0 spiro atoms. The van der Waals surface area contributed by atoms with Crippen LogP contribution < -0.4 is 0 Å². The van der Waals surface area contributed by atoms with Gasteiger partial charge in [0.15, 0.2) is 0 Å². The molecule has 0 aromatic rings. The van der Waals surface area contributed by atoms with Gasteiger partial charge < -0.3 is 0 Å². The third kappa shape index (κ3) is 1.32. The molecule has 3 atom stereocenters. The van der Waals surface area contributed by atoms with Crippen molar-refractivity contribution in [2.75, 3.05) is 0 Å². The minimum Gasteiger partial charge on any atom is -0.0851 e. The Morgan fingerprint density at radius 3 is 2.54 bits per heavy atom. The normalized spacial score (nSPS) is 45.2. The first-order chi connectivity index (χ1) is 6.25. The molecule has 1 aliphatic heterocycles. The highest BCUT2D eigenvalue weighted by Gasteiger charge is 2.42. The molecule has 2 bridgehead atoms. The van der Waals surface area contributed by atoms with Crippen molar-refractivity contribution in [3.05, 3.63) is 12.2 Å². The number of hydrogen-bond donors (Lipinski definition) is 0. The first-order valence-electron chi connectivity index (χ1n) is 5.94. The fraction of sp³-hybridized carbons (Fsp3) is 0.833. The molecule has 0 aromatic carbocycles. The van der Waals surface area contributed by atoms with Gasteiger partial charge in [-0.1, -0.05) is 43.3 Å². The Bertz CT molecular complexity index is 240. The number of allylic oxidation sites excluding steroid dienone is 2. The molecule has 3 rings (SSSR count). The smallest absolute Gasteiger partial charge is 0.0507 e. The zero-order valence-corrected chi connectivity index (χ0v) is 9.63. The maximum atomic E-state index is 2.65. The molecule has 1 heteroatoms. The van der Waals surface area contributed by atoms with E-state index >= 15 is 0 Å². The fourth-order valence-corrected chi connectivity index (χ4v) is 7.45. The van der Waals surface area contributed by atoms with Gasteiger partial charge in [-0.25, -0.2) is 0 Å². The Hall–Kier alpha value is -0.0431. The number of hydrogen-bond acceptors (Lipinski definition) is 0. The lowest BCUT2D eigenvalue weighted by atomic mass is 9.96. The second kappa shape index (κ2) is 2.72. The summed E-state index contributed by atoms with van der Waals surface area (Å²) in [5, 5.41) is 0. The molecule has 0 radical (unpaired) electrons. The highest BCUT2D eigenvalue weighted by molar-refractivity contribution is 6.81. The molecule has 0 N–H and O–H groups in total. The van der Waals surface area contributed by atoms with Gasteiger partial charge in [-0.05, 0) is 30.6 Å². The Labute approximate surface area is 82.4 Å². The standard InChI is InChI=1S/C12H20Si/c1-13(5-2-6-13)9-12-8-10-3-4-11(12)7-10/h3-4,10-12H,2,5-9H2,1H3. The summed E-state index contributed by atoms with van der Waals surface area (Å²) in [6, 6.07) is 4.95.